The zero-order valence-corrected chi connectivity index (χ0v) is 17.6. The molecular formula is C22H23N3O3S. The normalized spacial score (nSPS) is 14.8. The second kappa shape index (κ2) is 7.93. The molecule has 4 rings (SSSR count). The summed E-state index contributed by atoms with van der Waals surface area (Å²) in [6.07, 6.45) is 5.47. The number of hydrogen-bond acceptors (Lipinski definition) is 5. The third-order valence-corrected chi connectivity index (χ3v) is 6.13. The van der Waals surface area contributed by atoms with Crippen molar-refractivity contribution in [1.82, 2.24) is 14.3 Å². The molecule has 150 valence electrons. The minimum absolute atomic E-state index is 0.0756. The van der Waals surface area contributed by atoms with Crippen molar-refractivity contribution in [3.05, 3.63) is 67.6 Å². The number of aryl methyl sites for hydroxylation is 2. The summed E-state index contributed by atoms with van der Waals surface area (Å²) >= 11 is 1.25. The molecule has 0 aliphatic carbocycles. The Bertz CT molecular complexity index is 1170. The summed E-state index contributed by atoms with van der Waals surface area (Å²) in [5.74, 6) is -0.0756. The number of rotatable bonds is 3. The minimum atomic E-state index is -0.145. The van der Waals surface area contributed by atoms with E-state index in [0.717, 1.165) is 11.1 Å². The largest absolute Gasteiger partial charge is 0.378 e. The SMILES string of the molecule is Cc1ccc(C)c(/C=C/c2nc3sc(C(=O)N4CCOCC4)cn3c(=O)c2C)c1. The number of amides is 1. The van der Waals surface area contributed by atoms with Crippen molar-refractivity contribution in [3.8, 4) is 0 Å². The maximum atomic E-state index is 12.8. The van der Waals surface area contributed by atoms with Gasteiger partial charge < -0.3 is 9.64 Å². The van der Waals surface area contributed by atoms with Crippen LogP contribution in [-0.2, 0) is 4.74 Å². The molecular weight excluding hydrogens is 386 g/mol. The quantitative estimate of drug-likeness (QED) is 0.666. The Balaban J connectivity index is 1.70. The molecule has 1 fully saturated rings. The number of carbonyl (C=O) groups is 1. The van der Waals surface area contributed by atoms with E-state index in [1.165, 1.54) is 21.3 Å². The fraction of sp³-hybridized carbons (Fsp3) is 0.318. The lowest BCUT2D eigenvalue weighted by Crippen LogP contribution is -2.40. The lowest BCUT2D eigenvalue weighted by molar-refractivity contribution is 0.0306. The van der Waals surface area contributed by atoms with Crippen LogP contribution in [0.2, 0.25) is 0 Å². The summed E-state index contributed by atoms with van der Waals surface area (Å²) in [6.45, 7) is 8.10. The molecule has 7 heteroatoms. The van der Waals surface area contributed by atoms with E-state index in [0.29, 0.717) is 47.4 Å². The van der Waals surface area contributed by atoms with Crippen LogP contribution < -0.4 is 5.56 Å². The van der Waals surface area contributed by atoms with Crippen molar-refractivity contribution in [2.75, 3.05) is 26.3 Å². The van der Waals surface area contributed by atoms with Crippen molar-refractivity contribution in [1.29, 1.82) is 0 Å². The van der Waals surface area contributed by atoms with Gasteiger partial charge in [-0.2, -0.15) is 0 Å². The van der Waals surface area contributed by atoms with Gasteiger partial charge in [0.05, 0.1) is 18.9 Å². The average molecular weight is 410 g/mol. The average Bonchev–Trinajstić information content (AvgIpc) is 3.16. The number of hydrogen-bond donors (Lipinski definition) is 0. The number of carbonyl (C=O) groups excluding carboxylic acids is 1. The lowest BCUT2D eigenvalue weighted by Gasteiger charge is -2.26. The molecule has 1 aliphatic rings. The smallest absolute Gasteiger partial charge is 0.265 e. The van der Waals surface area contributed by atoms with Gasteiger partial charge in [0.15, 0.2) is 4.96 Å². The van der Waals surface area contributed by atoms with Crippen LogP contribution in [0.3, 0.4) is 0 Å². The Kier molecular flexibility index (Phi) is 5.34. The van der Waals surface area contributed by atoms with Crippen LogP contribution >= 0.6 is 11.3 Å². The highest BCUT2D eigenvalue weighted by Crippen LogP contribution is 2.20. The van der Waals surface area contributed by atoms with E-state index in [4.69, 9.17) is 4.74 Å². The number of ether oxygens (including phenoxy) is 1. The molecule has 0 N–H and O–H groups in total. The molecule has 1 aliphatic heterocycles. The van der Waals surface area contributed by atoms with Gasteiger partial charge in [-0.15, -0.1) is 0 Å². The van der Waals surface area contributed by atoms with Gasteiger partial charge in [0.1, 0.15) is 4.88 Å². The Morgan fingerprint density at radius 3 is 2.69 bits per heavy atom. The van der Waals surface area contributed by atoms with Gasteiger partial charge in [0.25, 0.3) is 11.5 Å². The maximum Gasteiger partial charge on any atom is 0.265 e. The number of thiazole rings is 1. The highest BCUT2D eigenvalue weighted by molar-refractivity contribution is 7.18. The summed E-state index contributed by atoms with van der Waals surface area (Å²) in [5, 5.41) is 0. The molecule has 0 spiro atoms. The van der Waals surface area contributed by atoms with Gasteiger partial charge in [0, 0.05) is 24.8 Å². The predicted molar refractivity (Wildman–Crippen MR) is 116 cm³/mol. The van der Waals surface area contributed by atoms with Gasteiger partial charge in [-0.3, -0.25) is 14.0 Å². The van der Waals surface area contributed by atoms with Crippen molar-refractivity contribution in [2.45, 2.75) is 20.8 Å². The first-order valence-electron chi connectivity index (χ1n) is 9.59. The Labute approximate surface area is 173 Å². The summed E-state index contributed by atoms with van der Waals surface area (Å²) in [7, 11) is 0. The summed E-state index contributed by atoms with van der Waals surface area (Å²) in [5.41, 5.74) is 4.49. The van der Waals surface area contributed by atoms with Crippen LogP contribution in [-0.4, -0.2) is 46.5 Å². The Hall–Kier alpha value is -2.77. The van der Waals surface area contributed by atoms with Gasteiger partial charge in [-0.1, -0.05) is 41.2 Å². The molecule has 6 nitrogen and oxygen atoms in total. The van der Waals surface area contributed by atoms with E-state index in [2.05, 4.69) is 37.0 Å². The highest BCUT2D eigenvalue weighted by Gasteiger charge is 2.22. The second-order valence-corrected chi connectivity index (χ2v) is 8.28. The standard InChI is InChI=1S/C22H23N3O3S/c1-14-4-5-15(2)17(12-14)6-7-18-16(3)20(26)25-13-19(29-22(25)23-18)21(27)24-8-10-28-11-9-24/h4-7,12-13H,8-11H2,1-3H3/b7-6+. The molecule has 0 saturated carbocycles. The summed E-state index contributed by atoms with van der Waals surface area (Å²) in [6, 6.07) is 6.26. The number of fused-ring (bicyclic) bond motifs is 1. The van der Waals surface area contributed by atoms with Gasteiger partial charge in [-0.25, -0.2) is 4.98 Å². The summed E-state index contributed by atoms with van der Waals surface area (Å²) in [4.78, 5) is 33.1. The van der Waals surface area contributed by atoms with Crippen LogP contribution in [0.1, 0.15) is 37.6 Å². The first-order valence-corrected chi connectivity index (χ1v) is 10.4. The van der Waals surface area contributed by atoms with Crippen molar-refractivity contribution < 1.29 is 9.53 Å². The van der Waals surface area contributed by atoms with Gasteiger partial charge in [0.2, 0.25) is 0 Å². The van der Waals surface area contributed by atoms with E-state index >= 15 is 0 Å². The van der Waals surface area contributed by atoms with Crippen molar-refractivity contribution in [2.24, 2.45) is 0 Å². The van der Waals surface area contributed by atoms with Crippen molar-refractivity contribution in [3.63, 3.8) is 0 Å². The lowest BCUT2D eigenvalue weighted by atomic mass is 10.0. The van der Waals surface area contributed by atoms with E-state index in [9.17, 15) is 9.59 Å². The van der Waals surface area contributed by atoms with E-state index in [1.54, 1.807) is 18.0 Å². The molecule has 2 aromatic heterocycles. The van der Waals surface area contributed by atoms with E-state index in [1.807, 2.05) is 12.2 Å². The fourth-order valence-electron chi connectivity index (χ4n) is 3.34. The third-order valence-electron chi connectivity index (χ3n) is 5.16. The number of benzene rings is 1. The van der Waals surface area contributed by atoms with E-state index < -0.39 is 0 Å². The van der Waals surface area contributed by atoms with Crippen LogP contribution in [0.25, 0.3) is 17.1 Å². The molecule has 1 saturated heterocycles. The molecule has 3 heterocycles. The molecule has 0 unspecified atom stereocenters. The zero-order valence-electron chi connectivity index (χ0n) is 16.8. The number of nitrogens with zero attached hydrogens (tertiary/aromatic N) is 3. The summed E-state index contributed by atoms with van der Waals surface area (Å²) < 4.78 is 6.78. The predicted octanol–water partition coefficient (Wildman–Crippen LogP) is 3.32. The molecule has 0 atom stereocenters. The molecule has 1 aromatic carbocycles. The number of morpholine rings is 1. The third kappa shape index (κ3) is 3.88. The van der Waals surface area contributed by atoms with Crippen molar-refractivity contribution >= 4 is 34.4 Å². The molecule has 0 bridgehead atoms. The monoisotopic (exact) mass is 409 g/mol. The zero-order chi connectivity index (χ0) is 20.5. The van der Waals surface area contributed by atoms with Crippen LogP contribution in [0, 0.1) is 20.8 Å². The van der Waals surface area contributed by atoms with Gasteiger partial charge >= 0.3 is 0 Å². The highest BCUT2D eigenvalue weighted by atomic mass is 32.1. The Morgan fingerprint density at radius 2 is 1.93 bits per heavy atom. The molecule has 1 amide bonds. The molecule has 0 radical (unpaired) electrons. The molecule has 29 heavy (non-hydrogen) atoms. The second-order valence-electron chi connectivity index (χ2n) is 7.27. The van der Waals surface area contributed by atoms with Crippen LogP contribution in [0.15, 0.2) is 29.2 Å². The Morgan fingerprint density at radius 1 is 1.17 bits per heavy atom. The topological polar surface area (TPSA) is 63.9 Å². The fourth-order valence-corrected chi connectivity index (χ4v) is 4.29. The molecule has 3 aromatic rings. The maximum absolute atomic E-state index is 12.8. The van der Waals surface area contributed by atoms with Crippen LogP contribution in [0.4, 0.5) is 0 Å². The first kappa shape index (κ1) is 19.5. The van der Waals surface area contributed by atoms with Crippen LogP contribution in [0.5, 0.6) is 0 Å². The first-order chi connectivity index (χ1) is 13.9. The van der Waals surface area contributed by atoms with Gasteiger partial charge in [-0.05, 0) is 38.0 Å². The minimum Gasteiger partial charge on any atom is -0.378 e. The van der Waals surface area contributed by atoms with E-state index in [-0.39, 0.29) is 11.5 Å². The number of aromatic nitrogens is 2.